The first-order chi connectivity index (χ1) is 9.12. The van der Waals surface area contributed by atoms with Gasteiger partial charge in [-0.05, 0) is 50.0 Å². The molecular formula is C16H32N2O. The van der Waals surface area contributed by atoms with Crippen molar-refractivity contribution >= 4 is 0 Å². The van der Waals surface area contributed by atoms with E-state index in [0.29, 0.717) is 12.6 Å². The molecule has 1 saturated heterocycles. The van der Waals surface area contributed by atoms with E-state index in [1.807, 2.05) is 0 Å². The second kappa shape index (κ2) is 7.05. The predicted octanol–water partition coefficient (Wildman–Crippen LogP) is 2.30. The van der Waals surface area contributed by atoms with Gasteiger partial charge in [0, 0.05) is 25.2 Å². The van der Waals surface area contributed by atoms with E-state index in [2.05, 4.69) is 24.5 Å². The highest BCUT2D eigenvalue weighted by molar-refractivity contribution is 4.92. The molecule has 3 atom stereocenters. The van der Waals surface area contributed by atoms with E-state index in [0.717, 1.165) is 24.9 Å². The third-order valence-electron chi connectivity index (χ3n) is 5.07. The van der Waals surface area contributed by atoms with Crippen molar-refractivity contribution in [3.8, 4) is 0 Å². The van der Waals surface area contributed by atoms with Crippen molar-refractivity contribution in [3.63, 3.8) is 0 Å². The maximum absolute atomic E-state index is 9.13. The lowest BCUT2D eigenvalue weighted by atomic mass is 9.78. The van der Waals surface area contributed by atoms with Crippen molar-refractivity contribution in [3.05, 3.63) is 0 Å². The first kappa shape index (κ1) is 15.3. The Bertz CT molecular complexity index is 261. The number of aliphatic hydroxyl groups is 1. The van der Waals surface area contributed by atoms with Crippen LogP contribution < -0.4 is 10.6 Å². The van der Waals surface area contributed by atoms with E-state index >= 15 is 0 Å². The van der Waals surface area contributed by atoms with Crippen LogP contribution in [0.3, 0.4) is 0 Å². The predicted molar refractivity (Wildman–Crippen MR) is 80.3 cm³/mol. The molecule has 1 aliphatic heterocycles. The summed E-state index contributed by atoms with van der Waals surface area (Å²) >= 11 is 0. The summed E-state index contributed by atoms with van der Waals surface area (Å²) in [5.74, 6) is 0.821. The van der Waals surface area contributed by atoms with E-state index in [1.165, 1.54) is 45.1 Å². The summed E-state index contributed by atoms with van der Waals surface area (Å²) in [6.45, 7) is 7.04. The number of hydrogen-bond donors (Lipinski definition) is 3. The molecule has 1 saturated carbocycles. The maximum Gasteiger partial charge on any atom is 0.0436 e. The van der Waals surface area contributed by atoms with Gasteiger partial charge in [-0.15, -0.1) is 0 Å². The van der Waals surface area contributed by atoms with E-state index < -0.39 is 0 Å². The average molecular weight is 268 g/mol. The van der Waals surface area contributed by atoms with Crippen LogP contribution in [0.15, 0.2) is 0 Å². The highest BCUT2D eigenvalue weighted by Gasteiger charge is 2.33. The first-order valence-corrected chi connectivity index (χ1v) is 8.20. The number of rotatable bonds is 6. The molecule has 112 valence electrons. The van der Waals surface area contributed by atoms with Crippen LogP contribution in [0.4, 0.5) is 0 Å². The Kier molecular flexibility index (Phi) is 5.67. The summed E-state index contributed by atoms with van der Waals surface area (Å²) in [5.41, 5.74) is 0.208. The van der Waals surface area contributed by atoms with Gasteiger partial charge in [-0.25, -0.2) is 0 Å². The fourth-order valence-corrected chi connectivity index (χ4v) is 3.77. The molecule has 0 spiro atoms. The van der Waals surface area contributed by atoms with Crippen molar-refractivity contribution < 1.29 is 5.11 Å². The van der Waals surface area contributed by atoms with Gasteiger partial charge in [-0.3, -0.25) is 0 Å². The van der Waals surface area contributed by atoms with Gasteiger partial charge < -0.3 is 15.7 Å². The zero-order valence-electron chi connectivity index (χ0n) is 12.8. The van der Waals surface area contributed by atoms with Gasteiger partial charge in [0.25, 0.3) is 0 Å². The van der Waals surface area contributed by atoms with Crippen LogP contribution in [0.2, 0.25) is 0 Å². The van der Waals surface area contributed by atoms with Crippen molar-refractivity contribution in [2.24, 2.45) is 11.3 Å². The van der Waals surface area contributed by atoms with Crippen LogP contribution in [0.5, 0.6) is 0 Å². The third kappa shape index (κ3) is 4.44. The molecule has 0 aromatic heterocycles. The summed E-state index contributed by atoms with van der Waals surface area (Å²) in [6, 6.07) is 1.43. The molecule has 0 bridgehead atoms. The van der Waals surface area contributed by atoms with Crippen molar-refractivity contribution in [2.75, 3.05) is 19.7 Å². The number of nitrogens with one attached hydrogen (secondary N) is 2. The smallest absolute Gasteiger partial charge is 0.0436 e. The summed E-state index contributed by atoms with van der Waals surface area (Å²) in [5, 5.41) is 16.6. The summed E-state index contributed by atoms with van der Waals surface area (Å²) < 4.78 is 0. The molecule has 2 fully saturated rings. The molecule has 2 aliphatic rings. The fraction of sp³-hybridized carbons (Fsp3) is 1.00. The minimum atomic E-state index is 0.208. The normalized spacial score (nSPS) is 32.7. The van der Waals surface area contributed by atoms with E-state index in [4.69, 9.17) is 5.11 Å². The molecule has 3 N–H and O–H groups in total. The van der Waals surface area contributed by atoms with Crippen LogP contribution in [-0.2, 0) is 0 Å². The minimum Gasteiger partial charge on any atom is -0.396 e. The molecule has 0 amide bonds. The zero-order valence-corrected chi connectivity index (χ0v) is 12.8. The lowest BCUT2D eigenvalue weighted by molar-refractivity contribution is 0.170. The molecule has 2 rings (SSSR count). The topological polar surface area (TPSA) is 44.3 Å². The SMILES string of the molecule is CC(C)(CCO)CNC1CCCCC1C1CCCN1. The monoisotopic (exact) mass is 268 g/mol. The first-order valence-electron chi connectivity index (χ1n) is 8.20. The second-order valence-electron chi connectivity index (χ2n) is 7.28. The van der Waals surface area contributed by atoms with Gasteiger partial charge in [-0.1, -0.05) is 26.7 Å². The molecule has 0 aromatic carbocycles. The summed E-state index contributed by atoms with van der Waals surface area (Å²) in [4.78, 5) is 0. The number of hydrogen-bond acceptors (Lipinski definition) is 3. The summed E-state index contributed by atoms with van der Waals surface area (Å²) in [7, 11) is 0. The molecule has 3 unspecified atom stereocenters. The quantitative estimate of drug-likeness (QED) is 0.692. The third-order valence-corrected chi connectivity index (χ3v) is 5.07. The lowest BCUT2D eigenvalue weighted by Gasteiger charge is -2.38. The van der Waals surface area contributed by atoms with Crippen molar-refractivity contribution in [1.29, 1.82) is 0 Å². The van der Waals surface area contributed by atoms with Crippen LogP contribution in [-0.4, -0.2) is 36.9 Å². The minimum absolute atomic E-state index is 0.208. The summed E-state index contributed by atoms with van der Waals surface area (Å²) in [6.07, 6.45) is 9.10. The number of aliphatic hydroxyl groups excluding tert-OH is 1. The van der Waals surface area contributed by atoms with Crippen molar-refractivity contribution in [2.45, 2.75) is 70.9 Å². The molecule has 0 aromatic rings. The van der Waals surface area contributed by atoms with Crippen LogP contribution >= 0.6 is 0 Å². The molecule has 19 heavy (non-hydrogen) atoms. The highest BCUT2D eigenvalue weighted by Crippen LogP contribution is 2.31. The van der Waals surface area contributed by atoms with Crippen molar-refractivity contribution in [1.82, 2.24) is 10.6 Å². The van der Waals surface area contributed by atoms with Gasteiger partial charge in [0.2, 0.25) is 0 Å². The van der Waals surface area contributed by atoms with Crippen LogP contribution in [0.25, 0.3) is 0 Å². The lowest BCUT2D eigenvalue weighted by Crippen LogP contribution is -2.49. The Balaban J connectivity index is 1.85. The second-order valence-corrected chi connectivity index (χ2v) is 7.28. The van der Waals surface area contributed by atoms with Gasteiger partial charge in [-0.2, -0.15) is 0 Å². The maximum atomic E-state index is 9.13. The Morgan fingerprint density at radius 2 is 1.95 bits per heavy atom. The van der Waals surface area contributed by atoms with Gasteiger partial charge in [0.1, 0.15) is 0 Å². The fourth-order valence-electron chi connectivity index (χ4n) is 3.77. The van der Waals surface area contributed by atoms with Crippen LogP contribution in [0, 0.1) is 11.3 Å². The zero-order chi connectivity index (χ0) is 13.7. The molecule has 1 aliphatic carbocycles. The highest BCUT2D eigenvalue weighted by atomic mass is 16.3. The molecule has 3 heteroatoms. The molecule has 0 radical (unpaired) electrons. The van der Waals surface area contributed by atoms with E-state index in [1.54, 1.807) is 0 Å². The van der Waals surface area contributed by atoms with Gasteiger partial charge in [0.05, 0.1) is 0 Å². The molecular weight excluding hydrogens is 236 g/mol. The van der Waals surface area contributed by atoms with E-state index in [9.17, 15) is 0 Å². The average Bonchev–Trinajstić information content (AvgIpc) is 2.90. The Morgan fingerprint density at radius 3 is 2.63 bits per heavy atom. The Morgan fingerprint density at radius 1 is 1.16 bits per heavy atom. The van der Waals surface area contributed by atoms with Crippen LogP contribution in [0.1, 0.15) is 58.8 Å². The van der Waals surface area contributed by atoms with E-state index in [-0.39, 0.29) is 5.41 Å². The molecule has 3 nitrogen and oxygen atoms in total. The van der Waals surface area contributed by atoms with Gasteiger partial charge in [0.15, 0.2) is 0 Å². The molecule has 1 heterocycles. The Labute approximate surface area is 118 Å². The Hall–Kier alpha value is -0.120. The van der Waals surface area contributed by atoms with Gasteiger partial charge >= 0.3 is 0 Å². The standard InChI is InChI=1S/C16H32N2O/c1-16(2,9-11-19)12-18-15-7-4-3-6-13(15)14-8-5-10-17-14/h13-15,17-19H,3-12H2,1-2H3. The largest absolute Gasteiger partial charge is 0.396 e.